The van der Waals surface area contributed by atoms with Crippen molar-refractivity contribution in [1.82, 2.24) is 14.9 Å². The van der Waals surface area contributed by atoms with Gasteiger partial charge in [0.2, 0.25) is 0 Å². The van der Waals surface area contributed by atoms with Crippen LogP contribution in [0.15, 0.2) is 53.3 Å². The predicted molar refractivity (Wildman–Crippen MR) is 157 cm³/mol. The summed E-state index contributed by atoms with van der Waals surface area (Å²) < 4.78 is 52.1. The highest BCUT2D eigenvalue weighted by atomic mass is 19.4. The molecule has 44 heavy (non-hydrogen) atoms. The molecule has 2 fully saturated rings. The Labute approximate surface area is 253 Å². The van der Waals surface area contributed by atoms with Gasteiger partial charge in [-0.15, -0.1) is 0 Å². The number of hydrogen-bond donors (Lipinski definition) is 2. The van der Waals surface area contributed by atoms with E-state index >= 15 is 0 Å². The van der Waals surface area contributed by atoms with E-state index in [1.165, 1.54) is 11.0 Å². The lowest BCUT2D eigenvalue weighted by atomic mass is 9.77. The minimum absolute atomic E-state index is 0.1000. The number of nitrogens with one attached hydrogen (secondary N) is 1. The number of aliphatic hydroxyl groups is 1. The van der Waals surface area contributed by atoms with Crippen LogP contribution in [0, 0.1) is 0 Å². The highest BCUT2D eigenvalue weighted by Gasteiger charge is 2.53. The summed E-state index contributed by atoms with van der Waals surface area (Å²) in [4.78, 5) is 35.9. The van der Waals surface area contributed by atoms with Gasteiger partial charge in [-0.05, 0) is 82.1 Å². The van der Waals surface area contributed by atoms with E-state index in [2.05, 4.69) is 11.1 Å². The average Bonchev–Trinajstić information content (AvgIpc) is 3.77. The summed E-state index contributed by atoms with van der Waals surface area (Å²) in [6.45, 7) is 8.14. The van der Waals surface area contributed by atoms with Crippen LogP contribution in [0.3, 0.4) is 0 Å². The lowest BCUT2D eigenvalue weighted by molar-refractivity contribution is -0.142. The summed E-state index contributed by atoms with van der Waals surface area (Å²) in [5.74, 6) is -0.199. The quantitative estimate of drug-likeness (QED) is 0.421. The van der Waals surface area contributed by atoms with E-state index in [1.807, 2.05) is 45.9 Å². The maximum Gasteiger partial charge on any atom is 0.494 e. The van der Waals surface area contributed by atoms with Gasteiger partial charge < -0.3 is 24.3 Å². The highest BCUT2D eigenvalue weighted by Crippen LogP contribution is 2.52. The molecule has 1 atom stereocenters. The summed E-state index contributed by atoms with van der Waals surface area (Å²) in [6.07, 6.45) is -3.88. The second-order valence-electron chi connectivity index (χ2n) is 13.0. The molecule has 2 aromatic carbocycles. The number of aromatic amines is 1. The number of fused-ring (bicyclic) bond motifs is 1. The number of hydrogen-bond acceptors (Lipinski definition) is 6. The van der Waals surface area contributed by atoms with Crippen LogP contribution in [0.5, 0.6) is 0 Å². The molecule has 1 amide bonds. The lowest BCUT2D eigenvalue weighted by Crippen LogP contribution is -2.41. The van der Waals surface area contributed by atoms with Crippen molar-refractivity contribution in [2.45, 2.75) is 88.8 Å². The first kappa shape index (κ1) is 30.5. The molecule has 1 saturated heterocycles. The zero-order chi connectivity index (χ0) is 31.7. The molecule has 2 aliphatic heterocycles. The van der Waals surface area contributed by atoms with Crippen molar-refractivity contribution in [2.24, 2.45) is 0 Å². The van der Waals surface area contributed by atoms with Crippen LogP contribution in [0.2, 0.25) is 0 Å². The van der Waals surface area contributed by atoms with E-state index in [0.717, 1.165) is 42.1 Å². The number of alkyl halides is 3. The maximum absolute atomic E-state index is 13.5. The molecular weight excluding hydrogens is 574 g/mol. The van der Waals surface area contributed by atoms with Crippen molar-refractivity contribution < 1.29 is 32.4 Å². The Morgan fingerprint density at radius 2 is 1.75 bits per heavy atom. The number of aliphatic hydroxyl groups excluding tert-OH is 1. The number of aryl methyl sites for hydroxylation is 1. The SMILES string of the molecule is CC1(C)OB(c2cccc(C3(c4nc5c(c(=O)[nH]4)CN(C(=O)[C@H](O)c4cccc(C(F)(F)F)c4)CCC5)CC3)c2)OC1(C)C. The lowest BCUT2D eigenvalue weighted by Gasteiger charge is -2.32. The summed E-state index contributed by atoms with van der Waals surface area (Å²) in [5.41, 5.74) is -0.108. The smallest absolute Gasteiger partial charge is 0.399 e. The Balaban J connectivity index is 1.24. The van der Waals surface area contributed by atoms with E-state index < -0.39 is 47.5 Å². The molecule has 3 aromatic rings. The predicted octanol–water partition coefficient (Wildman–Crippen LogP) is 4.18. The van der Waals surface area contributed by atoms with Gasteiger partial charge in [-0.2, -0.15) is 13.2 Å². The molecule has 0 unspecified atom stereocenters. The number of amides is 1. The highest BCUT2D eigenvalue weighted by molar-refractivity contribution is 6.62. The molecule has 0 bridgehead atoms. The van der Waals surface area contributed by atoms with Crippen LogP contribution in [-0.4, -0.2) is 50.7 Å². The molecule has 6 rings (SSSR count). The third kappa shape index (κ3) is 5.37. The molecular formula is C32H35BF3N3O5. The maximum atomic E-state index is 13.5. The minimum Gasteiger partial charge on any atom is -0.399 e. The number of aromatic nitrogens is 2. The number of carbonyl (C=O) groups is 1. The van der Waals surface area contributed by atoms with Gasteiger partial charge in [0.05, 0.1) is 40.0 Å². The normalized spacial score (nSPS) is 21.0. The molecule has 2 N–H and O–H groups in total. The van der Waals surface area contributed by atoms with E-state index in [0.29, 0.717) is 29.9 Å². The van der Waals surface area contributed by atoms with Gasteiger partial charge in [0, 0.05) is 6.54 Å². The number of halogens is 3. The number of nitrogens with zero attached hydrogens (tertiary/aromatic N) is 2. The first-order valence-corrected chi connectivity index (χ1v) is 14.8. The molecule has 1 aromatic heterocycles. The largest absolute Gasteiger partial charge is 0.494 e. The van der Waals surface area contributed by atoms with Gasteiger partial charge in [-0.25, -0.2) is 4.98 Å². The van der Waals surface area contributed by atoms with Gasteiger partial charge in [0.1, 0.15) is 5.82 Å². The fourth-order valence-electron chi connectivity index (χ4n) is 5.99. The zero-order valence-electron chi connectivity index (χ0n) is 25.1. The van der Waals surface area contributed by atoms with Gasteiger partial charge in [0.15, 0.2) is 6.10 Å². The third-order valence-electron chi connectivity index (χ3n) is 9.53. The Morgan fingerprint density at radius 1 is 1.07 bits per heavy atom. The Bertz CT molecular complexity index is 1650. The zero-order valence-corrected chi connectivity index (χ0v) is 25.1. The first-order valence-electron chi connectivity index (χ1n) is 14.8. The summed E-state index contributed by atoms with van der Waals surface area (Å²) >= 11 is 0. The van der Waals surface area contributed by atoms with Gasteiger partial charge in [-0.3, -0.25) is 9.59 Å². The van der Waals surface area contributed by atoms with E-state index in [4.69, 9.17) is 14.3 Å². The van der Waals surface area contributed by atoms with Gasteiger partial charge >= 0.3 is 13.3 Å². The van der Waals surface area contributed by atoms with Crippen molar-refractivity contribution in [3.8, 4) is 0 Å². The van der Waals surface area contributed by atoms with Gasteiger partial charge in [0.25, 0.3) is 11.5 Å². The van der Waals surface area contributed by atoms with Crippen molar-refractivity contribution in [2.75, 3.05) is 6.54 Å². The molecule has 12 heteroatoms. The van der Waals surface area contributed by atoms with Crippen molar-refractivity contribution in [1.29, 1.82) is 0 Å². The fraction of sp³-hybridized carbons (Fsp3) is 0.469. The van der Waals surface area contributed by atoms with Crippen LogP contribution in [0.1, 0.15) is 86.8 Å². The van der Waals surface area contributed by atoms with E-state index in [9.17, 15) is 27.9 Å². The average molecular weight is 609 g/mol. The Kier molecular flexibility index (Phi) is 7.33. The van der Waals surface area contributed by atoms with Crippen LogP contribution >= 0.6 is 0 Å². The topological polar surface area (TPSA) is 105 Å². The number of carbonyl (C=O) groups excluding carboxylic acids is 1. The fourth-order valence-corrected chi connectivity index (χ4v) is 5.99. The van der Waals surface area contributed by atoms with Crippen LogP contribution in [-0.2, 0) is 38.7 Å². The van der Waals surface area contributed by atoms with Crippen molar-refractivity contribution in [3.05, 3.63) is 92.7 Å². The minimum atomic E-state index is -4.61. The number of H-pyrrole nitrogens is 1. The second kappa shape index (κ2) is 10.6. The van der Waals surface area contributed by atoms with Crippen molar-refractivity contribution >= 4 is 18.5 Å². The van der Waals surface area contributed by atoms with Crippen LogP contribution in [0.25, 0.3) is 0 Å². The second-order valence-corrected chi connectivity index (χ2v) is 13.0. The molecule has 8 nitrogen and oxygen atoms in total. The van der Waals surface area contributed by atoms with Crippen LogP contribution < -0.4 is 11.0 Å². The summed E-state index contributed by atoms with van der Waals surface area (Å²) in [7, 11) is -0.524. The monoisotopic (exact) mass is 609 g/mol. The molecule has 0 radical (unpaired) electrons. The summed E-state index contributed by atoms with van der Waals surface area (Å²) in [6, 6.07) is 12.1. The third-order valence-corrected chi connectivity index (χ3v) is 9.53. The van der Waals surface area contributed by atoms with Crippen molar-refractivity contribution in [3.63, 3.8) is 0 Å². The Morgan fingerprint density at radius 3 is 2.41 bits per heavy atom. The van der Waals surface area contributed by atoms with E-state index in [-0.39, 0.29) is 24.2 Å². The molecule has 1 saturated carbocycles. The van der Waals surface area contributed by atoms with Gasteiger partial charge in [-0.1, -0.05) is 36.4 Å². The van der Waals surface area contributed by atoms with E-state index in [1.54, 1.807) is 0 Å². The molecule has 232 valence electrons. The Hall–Kier alpha value is -3.48. The van der Waals surface area contributed by atoms with Crippen LogP contribution in [0.4, 0.5) is 13.2 Å². The molecule has 0 spiro atoms. The first-order chi connectivity index (χ1) is 20.6. The standard InChI is InChI=1S/C32H35BF3N3O5/c1-29(2)30(3,4)44-33(43-29)22-11-6-9-20(17-22)31(13-14-31)28-37-24-12-7-15-39(18-23(24)26(41)38-28)27(42)25(40)19-8-5-10-21(16-19)32(34,35)36/h5-6,8-11,16-17,25,40H,7,12-15,18H2,1-4H3,(H,37,38,41)/t25-/m1/s1. The number of benzene rings is 2. The summed E-state index contributed by atoms with van der Waals surface area (Å²) in [5, 5.41) is 10.7. The number of rotatable bonds is 5. The molecule has 1 aliphatic carbocycles. The molecule has 3 heterocycles. The molecule has 3 aliphatic rings.